The standard InChI is InChI=1S/C23H19FO4/c24-20-13-11-19(12-14-20)23(21(25)26)27-15-22(16-28-23,17-7-3-1-4-8-17)18-9-5-2-6-10-18/h1-14H,15-16H2,(H,25,26). The SMILES string of the molecule is O=C(O)C1(c2ccc(F)cc2)OCC(c2ccccc2)(c2ccccc2)CO1. The van der Waals surface area contributed by atoms with Crippen LogP contribution in [0.3, 0.4) is 0 Å². The van der Waals surface area contributed by atoms with Crippen LogP contribution < -0.4 is 0 Å². The first-order valence-corrected chi connectivity index (χ1v) is 8.95. The Balaban J connectivity index is 1.76. The molecule has 142 valence electrons. The number of benzene rings is 3. The fourth-order valence-corrected chi connectivity index (χ4v) is 3.63. The zero-order valence-electron chi connectivity index (χ0n) is 15.0. The molecule has 1 fully saturated rings. The summed E-state index contributed by atoms with van der Waals surface area (Å²) in [5.41, 5.74) is 1.54. The van der Waals surface area contributed by atoms with E-state index in [9.17, 15) is 14.3 Å². The summed E-state index contributed by atoms with van der Waals surface area (Å²) in [6, 6.07) is 24.6. The van der Waals surface area contributed by atoms with E-state index in [1.165, 1.54) is 24.3 Å². The van der Waals surface area contributed by atoms with Crippen molar-refractivity contribution in [3.8, 4) is 0 Å². The molecule has 0 amide bonds. The Hall–Kier alpha value is -3.02. The molecule has 0 spiro atoms. The van der Waals surface area contributed by atoms with Gasteiger partial charge in [-0.05, 0) is 23.3 Å². The van der Waals surface area contributed by atoms with Gasteiger partial charge in [0.25, 0.3) is 5.79 Å². The maximum atomic E-state index is 13.3. The maximum absolute atomic E-state index is 13.3. The molecule has 1 saturated heterocycles. The molecule has 1 aliphatic rings. The molecule has 28 heavy (non-hydrogen) atoms. The Labute approximate surface area is 162 Å². The predicted molar refractivity (Wildman–Crippen MR) is 101 cm³/mol. The molecule has 0 saturated carbocycles. The number of hydrogen-bond acceptors (Lipinski definition) is 3. The Morgan fingerprint density at radius 3 is 1.64 bits per heavy atom. The molecule has 0 unspecified atom stereocenters. The van der Waals surface area contributed by atoms with E-state index in [4.69, 9.17) is 9.47 Å². The Morgan fingerprint density at radius 1 is 0.750 bits per heavy atom. The van der Waals surface area contributed by atoms with Gasteiger partial charge in [0.05, 0.1) is 18.6 Å². The third-order valence-electron chi connectivity index (χ3n) is 5.20. The van der Waals surface area contributed by atoms with Crippen LogP contribution in [0.15, 0.2) is 84.9 Å². The molecule has 0 aliphatic carbocycles. The van der Waals surface area contributed by atoms with Gasteiger partial charge in [-0.25, -0.2) is 9.18 Å². The quantitative estimate of drug-likeness (QED) is 0.743. The van der Waals surface area contributed by atoms with Crippen LogP contribution in [-0.4, -0.2) is 24.3 Å². The van der Waals surface area contributed by atoms with Gasteiger partial charge in [-0.1, -0.05) is 72.8 Å². The van der Waals surface area contributed by atoms with Gasteiger partial charge in [-0.3, -0.25) is 0 Å². The van der Waals surface area contributed by atoms with Crippen molar-refractivity contribution in [1.29, 1.82) is 0 Å². The van der Waals surface area contributed by atoms with Crippen LogP contribution >= 0.6 is 0 Å². The van der Waals surface area contributed by atoms with Crippen molar-refractivity contribution in [3.63, 3.8) is 0 Å². The third kappa shape index (κ3) is 2.99. The highest BCUT2D eigenvalue weighted by Gasteiger charge is 2.52. The summed E-state index contributed by atoms with van der Waals surface area (Å²) < 4.78 is 25.2. The summed E-state index contributed by atoms with van der Waals surface area (Å²) >= 11 is 0. The van der Waals surface area contributed by atoms with Gasteiger partial charge < -0.3 is 14.6 Å². The molecule has 1 aliphatic heterocycles. The third-order valence-corrected chi connectivity index (χ3v) is 5.20. The van der Waals surface area contributed by atoms with Crippen molar-refractivity contribution in [2.75, 3.05) is 13.2 Å². The van der Waals surface area contributed by atoms with Gasteiger partial charge in [0.1, 0.15) is 5.82 Å². The van der Waals surface area contributed by atoms with Crippen LogP contribution in [0.5, 0.6) is 0 Å². The Bertz CT molecular complexity index is 905. The van der Waals surface area contributed by atoms with Gasteiger partial charge in [0.15, 0.2) is 0 Å². The van der Waals surface area contributed by atoms with Crippen molar-refractivity contribution in [3.05, 3.63) is 107 Å². The summed E-state index contributed by atoms with van der Waals surface area (Å²) in [7, 11) is 0. The fraction of sp³-hybridized carbons (Fsp3) is 0.174. The van der Waals surface area contributed by atoms with Gasteiger partial charge >= 0.3 is 5.97 Å². The molecule has 0 radical (unpaired) electrons. The lowest BCUT2D eigenvalue weighted by molar-refractivity contribution is -0.287. The second kappa shape index (κ2) is 7.19. The molecule has 5 heteroatoms. The lowest BCUT2D eigenvalue weighted by Crippen LogP contribution is -2.54. The first-order valence-electron chi connectivity index (χ1n) is 8.95. The van der Waals surface area contributed by atoms with Gasteiger partial charge in [-0.15, -0.1) is 0 Å². The minimum Gasteiger partial charge on any atom is -0.477 e. The van der Waals surface area contributed by atoms with Crippen LogP contribution in [-0.2, 0) is 25.5 Å². The largest absolute Gasteiger partial charge is 0.477 e. The van der Waals surface area contributed by atoms with Crippen molar-refractivity contribution in [1.82, 2.24) is 0 Å². The molecule has 4 nitrogen and oxygen atoms in total. The maximum Gasteiger partial charge on any atom is 0.369 e. The number of carboxylic acids is 1. The second-order valence-electron chi connectivity index (χ2n) is 6.82. The normalized spacial score (nSPS) is 17.8. The molecule has 0 aromatic heterocycles. The van der Waals surface area contributed by atoms with Crippen LogP contribution in [0.1, 0.15) is 16.7 Å². The van der Waals surface area contributed by atoms with E-state index in [2.05, 4.69) is 0 Å². The molecule has 3 aromatic carbocycles. The van der Waals surface area contributed by atoms with Gasteiger partial charge in [0, 0.05) is 5.56 Å². The van der Waals surface area contributed by atoms with E-state index in [-0.39, 0.29) is 18.8 Å². The van der Waals surface area contributed by atoms with E-state index in [1.807, 2.05) is 60.7 Å². The van der Waals surface area contributed by atoms with E-state index in [1.54, 1.807) is 0 Å². The first kappa shape index (κ1) is 18.3. The minimum absolute atomic E-state index is 0.102. The lowest BCUT2D eigenvalue weighted by Gasteiger charge is -2.45. The summed E-state index contributed by atoms with van der Waals surface area (Å²) in [5, 5.41) is 9.88. The Kier molecular flexibility index (Phi) is 4.71. The highest BCUT2D eigenvalue weighted by Crippen LogP contribution is 2.42. The Morgan fingerprint density at radius 2 is 1.21 bits per heavy atom. The van der Waals surface area contributed by atoms with Crippen LogP contribution in [0.2, 0.25) is 0 Å². The van der Waals surface area contributed by atoms with E-state index >= 15 is 0 Å². The number of rotatable bonds is 4. The monoisotopic (exact) mass is 378 g/mol. The molecule has 1 N–H and O–H groups in total. The van der Waals surface area contributed by atoms with Crippen LogP contribution in [0.4, 0.5) is 4.39 Å². The van der Waals surface area contributed by atoms with Gasteiger partial charge in [0.2, 0.25) is 0 Å². The van der Waals surface area contributed by atoms with Crippen molar-refractivity contribution in [2.24, 2.45) is 0 Å². The van der Waals surface area contributed by atoms with Gasteiger partial charge in [-0.2, -0.15) is 0 Å². The molecular weight excluding hydrogens is 359 g/mol. The predicted octanol–water partition coefficient (Wildman–Crippen LogP) is 4.10. The van der Waals surface area contributed by atoms with E-state index in [0.717, 1.165) is 11.1 Å². The van der Waals surface area contributed by atoms with Crippen LogP contribution in [0.25, 0.3) is 0 Å². The lowest BCUT2D eigenvalue weighted by atomic mass is 9.75. The van der Waals surface area contributed by atoms with E-state index < -0.39 is 23.0 Å². The average molecular weight is 378 g/mol. The summed E-state index contributed by atoms with van der Waals surface area (Å²) in [6.07, 6.45) is 0. The fourth-order valence-electron chi connectivity index (χ4n) is 3.63. The number of hydrogen-bond donors (Lipinski definition) is 1. The number of carbonyl (C=O) groups is 1. The molecular formula is C23H19FO4. The highest BCUT2D eigenvalue weighted by atomic mass is 19.1. The first-order chi connectivity index (χ1) is 13.6. The molecule has 3 aromatic rings. The number of ether oxygens (including phenoxy) is 2. The second-order valence-corrected chi connectivity index (χ2v) is 6.82. The zero-order valence-corrected chi connectivity index (χ0v) is 15.0. The average Bonchev–Trinajstić information content (AvgIpc) is 2.75. The van der Waals surface area contributed by atoms with Crippen molar-refractivity contribution in [2.45, 2.75) is 11.2 Å². The number of aliphatic carboxylic acids is 1. The summed E-state index contributed by atoms with van der Waals surface area (Å²) in [4.78, 5) is 12.1. The molecule has 1 heterocycles. The number of halogens is 1. The zero-order chi connectivity index (χ0) is 19.6. The smallest absolute Gasteiger partial charge is 0.369 e. The van der Waals surface area contributed by atoms with Crippen molar-refractivity contribution < 1.29 is 23.8 Å². The molecule has 0 bridgehead atoms. The molecule has 4 rings (SSSR count). The van der Waals surface area contributed by atoms with Crippen LogP contribution in [0, 0.1) is 5.82 Å². The summed E-state index contributed by atoms with van der Waals surface area (Å²) in [5.74, 6) is -3.70. The van der Waals surface area contributed by atoms with E-state index in [0.29, 0.717) is 0 Å². The minimum atomic E-state index is -1.97. The summed E-state index contributed by atoms with van der Waals surface area (Å²) in [6.45, 7) is 0.204. The number of carboxylic acid groups (broad SMARTS) is 1. The van der Waals surface area contributed by atoms with Crippen molar-refractivity contribution >= 4 is 5.97 Å². The highest BCUT2D eigenvalue weighted by molar-refractivity contribution is 5.78. The topological polar surface area (TPSA) is 55.8 Å². The molecule has 0 atom stereocenters.